The van der Waals surface area contributed by atoms with Gasteiger partial charge in [-0.25, -0.2) is 9.59 Å². The lowest BCUT2D eigenvalue weighted by atomic mass is 9.91. The molecule has 37 heteroatoms. The van der Waals surface area contributed by atoms with Crippen molar-refractivity contribution in [2.45, 2.75) is 283 Å². The molecular formula is C87H128N4O32S. The van der Waals surface area contributed by atoms with E-state index in [9.17, 15) is 99.3 Å². The minimum Gasteiger partial charge on any atom is -0.481 e. The Morgan fingerprint density at radius 3 is 1.56 bits per heavy atom. The minimum absolute atomic E-state index is 0.0109. The average molecular weight is 1770 g/mol. The van der Waals surface area contributed by atoms with Crippen LogP contribution in [0.3, 0.4) is 0 Å². The molecule has 5 aliphatic heterocycles. The van der Waals surface area contributed by atoms with Gasteiger partial charge in [0.1, 0.15) is 91.2 Å². The summed E-state index contributed by atoms with van der Waals surface area (Å²) >= 11 is 1.02. The molecule has 24 atom stereocenters. The molecule has 5 heterocycles. The molecular weight excluding hydrogens is 1650 g/mol. The molecule has 0 saturated carbocycles. The number of nitrogens with zero attached hydrogens (tertiary/aromatic N) is 1. The second-order valence-electron chi connectivity index (χ2n) is 30.5. The number of aliphatic hydroxyl groups is 10. The Hall–Kier alpha value is -7.76. The third-order valence-electron chi connectivity index (χ3n) is 21.0. The fourth-order valence-electron chi connectivity index (χ4n) is 14.0. The van der Waals surface area contributed by atoms with Crippen LogP contribution >= 0.6 is 11.8 Å². The molecule has 1 aromatic rings. The number of carboxylic acid groups (broad SMARTS) is 1. The summed E-state index contributed by atoms with van der Waals surface area (Å²) in [6.45, 7) is 0.991. The summed E-state index contributed by atoms with van der Waals surface area (Å²) in [5.74, 6) is -3.37. The molecule has 36 nitrogen and oxygen atoms in total. The Balaban J connectivity index is 0.957. The number of esters is 1. The van der Waals surface area contributed by atoms with Gasteiger partial charge in [0.15, 0.2) is 43.2 Å². The van der Waals surface area contributed by atoms with Crippen LogP contribution in [-0.2, 0) is 96.8 Å². The SMILES string of the molecule is C#CCCCC(=O)N[C@H](Cc1ccccc1)C(=O)C[C@@H](CCCCNC(=O)O[C@@H]1C(O)[C@@H](OCC2O[C@@H](OCC3O[C@H](OC)C(O)[C@@H](OC(=O)NCCCCCN4C(=O)CC(SC[C@@H](CC(=O)CC/C=C\C/C=C\C/C=C\C/C=C\C/C=C\C/C=C\CC)C(=O)O)C4=O)[C@@H]3O)C(O)[C@@H](O)[C@@H]2O)OC(CO[C@@H]2OC(COC)[C@@H](O)[C@H](O)C2O)[C@H]1O)C(=O)OCC. The molecule has 14 N–H and O–H groups in total. The van der Waals surface area contributed by atoms with Crippen molar-refractivity contribution in [3.63, 3.8) is 0 Å². The number of carbonyl (C=O) groups is 9. The van der Waals surface area contributed by atoms with Crippen LogP contribution < -0.4 is 16.0 Å². The number of hydrogen-bond donors (Lipinski definition) is 14. The number of ether oxygens (including phenoxy) is 12. The van der Waals surface area contributed by atoms with E-state index in [0.29, 0.717) is 44.9 Å². The highest BCUT2D eigenvalue weighted by Gasteiger charge is 2.53. The summed E-state index contributed by atoms with van der Waals surface area (Å²) in [5, 5.41) is 128. The van der Waals surface area contributed by atoms with Gasteiger partial charge in [-0.2, -0.15) is 0 Å². The van der Waals surface area contributed by atoms with Gasteiger partial charge in [0, 0.05) is 78.1 Å². The fourth-order valence-corrected chi connectivity index (χ4v) is 15.3. The van der Waals surface area contributed by atoms with E-state index in [1.54, 1.807) is 37.3 Å². The van der Waals surface area contributed by atoms with Crippen LogP contribution in [0.25, 0.3) is 0 Å². The maximum absolute atomic E-state index is 13.9. The molecule has 0 aliphatic carbocycles. The first-order valence-corrected chi connectivity index (χ1v) is 43.5. The van der Waals surface area contributed by atoms with Crippen molar-refractivity contribution in [3.8, 4) is 12.3 Å². The molecule has 5 amide bonds. The van der Waals surface area contributed by atoms with Crippen LogP contribution in [0, 0.1) is 24.2 Å². The Morgan fingerprint density at radius 1 is 0.565 bits per heavy atom. The number of alkyl carbamates (subject to hydrolysis) is 2. The largest absolute Gasteiger partial charge is 0.481 e. The summed E-state index contributed by atoms with van der Waals surface area (Å²) < 4.78 is 67.2. The number of amides is 5. The molecule has 9 unspecified atom stereocenters. The number of ketones is 2. The molecule has 0 spiro atoms. The van der Waals surface area contributed by atoms with Crippen molar-refractivity contribution < 1.29 is 156 Å². The van der Waals surface area contributed by atoms with Gasteiger partial charge in [-0.1, -0.05) is 117 Å². The van der Waals surface area contributed by atoms with E-state index in [4.69, 9.17) is 63.3 Å². The van der Waals surface area contributed by atoms with Gasteiger partial charge in [0.2, 0.25) is 17.7 Å². The monoisotopic (exact) mass is 1770 g/mol. The van der Waals surface area contributed by atoms with Crippen LogP contribution in [0.15, 0.2) is 103 Å². The number of terminal acetylenes is 1. The van der Waals surface area contributed by atoms with Gasteiger partial charge in [-0.15, -0.1) is 24.1 Å². The Labute approximate surface area is 727 Å². The Morgan fingerprint density at radius 2 is 1.06 bits per heavy atom. The highest BCUT2D eigenvalue weighted by Crippen LogP contribution is 2.33. The van der Waals surface area contributed by atoms with Crippen molar-refractivity contribution >= 4 is 65.2 Å². The minimum atomic E-state index is -2.10. The average Bonchev–Trinajstić information content (AvgIpc) is 1.08. The predicted molar refractivity (Wildman–Crippen MR) is 446 cm³/mol. The smallest absolute Gasteiger partial charge is 0.407 e. The van der Waals surface area contributed by atoms with E-state index in [2.05, 4.69) is 83.5 Å². The lowest BCUT2D eigenvalue weighted by Crippen LogP contribution is -2.64. The van der Waals surface area contributed by atoms with Crippen molar-refractivity contribution in [2.75, 3.05) is 72.6 Å². The van der Waals surface area contributed by atoms with Crippen molar-refractivity contribution in [1.29, 1.82) is 0 Å². The number of unbranched alkanes of at least 4 members (excludes halogenated alkanes) is 4. The van der Waals surface area contributed by atoms with Gasteiger partial charge in [0.05, 0.1) is 56.2 Å². The zero-order chi connectivity index (χ0) is 90.5. The van der Waals surface area contributed by atoms with Gasteiger partial charge in [0.25, 0.3) is 0 Å². The third kappa shape index (κ3) is 35.5. The Kier molecular flexibility index (Phi) is 49.0. The summed E-state index contributed by atoms with van der Waals surface area (Å²) in [6.07, 6.45) is -0.272. The number of hydrogen-bond acceptors (Lipinski definition) is 32. The molecule has 694 valence electrons. The van der Waals surface area contributed by atoms with E-state index in [1.165, 1.54) is 7.11 Å². The highest BCUT2D eigenvalue weighted by atomic mass is 32.2. The van der Waals surface area contributed by atoms with Crippen LogP contribution in [0.4, 0.5) is 9.59 Å². The first kappa shape index (κ1) is 105. The van der Waals surface area contributed by atoms with Crippen LogP contribution in [0.5, 0.6) is 0 Å². The number of carboxylic acids is 1. The number of aliphatic hydroxyl groups excluding tert-OH is 10. The number of Topliss-reactive ketones (excluding diaryl/α,β-unsaturated/α-hetero) is 2. The van der Waals surface area contributed by atoms with Crippen LogP contribution in [0.1, 0.15) is 148 Å². The van der Waals surface area contributed by atoms with E-state index in [1.807, 2.05) is 18.2 Å². The number of carbonyl (C=O) groups excluding carboxylic acids is 8. The summed E-state index contributed by atoms with van der Waals surface area (Å²) in [6, 6.07) is 7.99. The lowest BCUT2D eigenvalue weighted by molar-refractivity contribution is -0.346. The molecule has 0 aromatic heterocycles. The second-order valence-corrected chi connectivity index (χ2v) is 31.8. The van der Waals surface area contributed by atoms with Crippen molar-refractivity contribution in [3.05, 3.63) is 109 Å². The maximum Gasteiger partial charge on any atom is 0.407 e. The quantitative estimate of drug-likeness (QED) is 0.0111. The third-order valence-corrected chi connectivity index (χ3v) is 22.4. The number of methoxy groups -OCH3 is 2. The zero-order valence-corrected chi connectivity index (χ0v) is 71.6. The van der Waals surface area contributed by atoms with E-state index >= 15 is 0 Å². The molecule has 6 rings (SSSR count). The molecule has 5 fully saturated rings. The number of thioether (sulfide) groups is 1. The number of benzene rings is 1. The molecule has 124 heavy (non-hydrogen) atoms. The number of aliphatic carboxylic acids is 1. The normalized spacial score (nSPS) is 28.8. The van der Waals surface area contributed by atoms with Gasteiger partial charge >= 0.3 is 24.1 Å². The van der Waals surface area contributed by atoms with E-state index < -0.39 is 207 Å². The zero-order valence-electron chi connectivity index (χ0n) is 70.8. The summed E-state index contributed by atoms with van der Waals surface area (Å²) in [5.41, 5.74) is 0.763. The highest BCUT2D eigenvalue weighted by molar-refractivity contribution is 8.00. The topological polar surface area (TPSA) is 526 Å². The first-order valence-electron chi connectivity index (χ1n) is 42.4. The molecule has 0 bridgehead atoms. The lowest BCUT2D eigenvalue weighted by Gasteiger charge is -2.45. The molecule has 0 radical (unpaired) electrons. The first-order chi connectivity index (χ1) is 59.7. The van der Waals surface area contributed by atoms with Gasteiger partial charge in [-0.05, 0) is 102 Å². The van der Waals surface area contributed by atoms with Crippen molar-refractivity contribution in [1.82, 2.24) is 20.9 Å². The van der Waals surface area contributed by atoms with Crippen molar-refractivity contribution in [2.24, 2.45) is 11.8 Å². The molecule has 5 aliphatic rings. The fraction of sp³-hybridized carbons (Fsp3) is 0.667. The molecule has 1 aromatic carbocycles. The number of imide groups is 1. The van der Waals surface area contributed by atoms with E-state index in [-0.39, 0.29) is 108 Å². The van der Waals surface area contributed by atoms with Crippen LogP contribution in [0.2, 0.25) is 0 Å². The number of rotatable bonds is 56. The molecule has 5 saturated heterocycles. The predicted octanol–water partition coefficient (Wildman–Crippen LogP) is 3.04. The maximum atomic E-state index is 13.9. The van der Waals surface area contributed by atoms with E-state index in [0.717, 1.165) is 61.4 Å². The summed E-state index contributed by atoms with van der Waals surface area (Å²) in [7, 11) is 2.42. The number of likely N-dealkylation sites (tertiary alicyclic amines) is 1. The number of nitrogens with one attached hydrogen (secondary N) is 3. The van der Waals surface area contributed by atoms with Crippen LogP contribution in [-0.4, -0.2) is 321 Å². The Bertz CT molecular complexity index is 3640. The number of allylic oxidation sites excluding steroid dienone is 12. The van der Waals surface area contributed by atoms with Gasteiger partial charge < -0.3 is 129 Å². The second kappa shape index (κ2) is 57.8. The standard InChI is InChI=1S/C87H128N4O32S/c1-6-9-11-12-13-14-15-16-17-18-19-20-21-22-23-24-25-26-32-40-57(92)46-56(80(107)108)53-124-64-48-66(95)91(79(64)106)44-36-28-34-42-88-86(110)122-77-69(98)62(118-82(113-5)75(77)104)51-115-84-74(103)72(101)68(97)61(120-84)50-117-85-76(105)78(70(99)63(121-85)52-116-83-73(102)71(100)67(96)60(119-83)49-112-4)123-87(111)89-43-35-33-39-55(81(109)114-8-3)47-59(93)58(45-54-37-30-27-31-38-54)90-65(94)41-29-10-7-2/h2,9,11,13-14,16-17,19-20,22-23,25-27,30-31,37-38,55-56,58,60-64,67-78,82-85,96-105H,6,8,10,12,15,18,21,24,28-29,32-36,39-53H2,1,3-5H3,(H,88,110)(H,89,111)(H,90,94)(H,107,108)/b11-9-,14-13-,17-16-,20-19-,23-22-,26-25-/t55-,56-,58-,60?,61?,62?,63?,64?,67-,68-,69-,70-,71+,72+,73?,74?,75?,76?,77+,78+,82+,83-,84-,85+/m1/s1. The van der Waals surface area contributed by atoms with Gasteiger partial charge in [-0.3, -0.25) is 38.5 Å². The summed E-state index contributed by atoms with van der Waals surface area (Å²) in [4.78, 5) is 119.